The van der Waals surface area contributed by atoms with Gasteiger partial charge in [-0.1, -0.05) is 0 Å². The van der Waals surface area contributed by atoms with Crippen LogP contribution in [0.15, 0.2) is 24.3 Å². The number of halogens is 1. The predicted octanol–water partition coefficient (Wildman–Crippen LogP) is 1.99. The van der Waals surface area contributed by atoms with Gasteiger partial charge in [0.05, 0.1) is 5.41 Å². The van der Waals surface area contributed by atoms with Crippen molar-refractivity contribution in [2.24, 2.45) is 5.41 Å². The largest absolute Gasteiger partial charge is 0.465 e. The first-order valence-corrected chi connectivity index (χ1v) is 10.5. The highest BCUT2D eigenvalue weighted by atomic mass is 19.1. The van der Waals surface area contributed by atoms with Crippen molar-refractivity contribution in [1.82, 2.24) is 15.1 Å². The molecule has 3 aliphatic rings. The summed E-state index contributed by atoms with van der Waals surface area (Å²) in [6, 6.07) is 6.83. The number of piperazine rings is 1. The highest BCUT2D eigenvalue weighted by Gasteiger charge is 2.48. The van der Waals surface area contributed by atoms with E-state index in [1.54, 1.807) is 0 Å². The minimum atomic E-state index is -0.894. The number of piperidine rings is 1. The summed E-state index contributed by atoms with van der Waals surface area (Å²) in [4.78, 5) is 29.8. The molecule has 0 saturated carbocycles. The third-order valence-electron chi connectivity index (χ3n) is 6.80. The summed E-state index contributed by atoms with van der Waals surface area (Å²) >= 11 is 0. The fraction of sp³-hybridized carbons (Fsp3) is 0.619. The highest BCUT2D eigenvalue weighted by molar-refractivity contribution is 5.85. The van der Waals surface area contributed by atoms with Crippen molar-refractivity contribution in [3.05, 3.63) is 30.1 Å². The Kier molecular flexibility index (Phi) is 5.63. The van der Waals surface area contributed by atoms with Gasteiger partial charge in [-0.15, -0.1) is 0 Å². The molecule has 2 N–H and O–H groups in total. The van der Waals surface area contributed by atoms with Crippen LogP contribution in [0.4, 0.5) is 14.9 Å². The van der Waals surface area contributed by atoms with Crippen LogP contribution in [0.2, 0.25) is 0 Å². The van der Waals surface area contributed by atoms with Crippen LogP contribution in [-0.2, 0) is 4.79 Å². The molecule has 1 spiro atoms. The molecular formula is C21H29FN4O3. The Morgan fingerprint density at radius 3 is 2.38 bits per heavy atom. The Labute approximate surface area is 170 Å². The smallest absolute Gasteiger partial charge is 0.407 e. The lowest BCUT2D eigenvalue weighted by molar-refractivity contribution is -0.129. The standard InChI is InChI=1S/C21H29FN4O3/c22-16-1-3-18(4-2-16)25-13-11-24(12-14-25)8-5-17-15-21(19(27)23-17)6-9-26(10-7-21)20(28)29/h1-4,17H,5-15H2,(H,23,27)(H,28,29)/t17-/m0/s1. The van der Waals surface area contributed by atoms with Gasteiger partial charge in [-0.2, -0.15) is 0 Å². The Morgan fingerprint density at radius 2 is 1.76 bits per heavy atom. The van der Waals surface area contributed by atoms with Gasteiger partial charge in [-0.25, -0.2) is 9.18 Å². The number of carboxylic acid groups (broad SMARTS) is 1. The van der Waals surface area contributed by atoms with Crippen molar-refractivity contribution >= 4 is 17.7 Å². The molecule has 0 bridgehead atoms. The number of likely N-dealkylation sites (tertiary alicyclic amines) is 1. The minimum absolute atomic E-state index is 0.105. The number of carbonyl (C=O) groups excluding carboxylic acids is 1. The third-order valence-corrected chi connectivity index (χ3v) is 6.80. The molecule has 3 saturated heterocycles. The first-order chi connectivity index (χ1) is 13.9. The summed E-state index contributed by atoms with van der Waals surface area (Å²) in [6.07, 6.45) is 2.09. The molecule has 29 heavy (non-hydrogen) atoms. The van der Waals surface area contributed by atoms with Gasteiger partial charge in [0.2, 0.25) is 5.91 Å². The Morgan fingerprint density at radius 1 is 1.10 bits per heavy atom. The lowest BCUT2D eigenvalue weighted by Gasteiger charge is -2.37. The van der Waals surface area contributed by atoms with Crippen molar-refractivity contribution < 1.29 is 19.1 Å². The van der Waals surface area contributed by atoms with Crippen LogP contribution in [-0.4, -0.2) is 78.8 Å². The lowest BCUT2D eigenvalue weighted by Crippen LogP contribution is -2.47. The van der Waals surface area contributed by atoms with Gasteiger partial charge in [-0.3, -0.25) is 9.69 Å². The molecule has 1 aromatic rings. The van der Waals surface area contributed by atoms with Gasteiger partial charge in [0, 0.05) is 57.5 Å². The molecule has 0 unspecified atom stereocenters. The van der Waals surface area contributed by atoms with E-state index < -0.39 is 6.09 Å². The average molecular weight is 404 g/mol. The molecular weight excluding hydrogens is 375 g/mol. The molecule has 3 aliphatic heterocycles. The third kappa shape index (κ3) is 4.32. The van der Waals surface area contributed by atoms with E-state index in [2.05, 4.69) is 15.1 Å². The molecule has 158 valence electrons. The molecule has 1 atom stereocenters. The van der Waals surface area contributed by atoms with Crippen LogP contribution in [0.25, 0.3) is 0 Å². The summed E-state index contributed by atoms with van der Waals surface area (Å²) in [5.74, 6) is -0.105. The van der Waals surface area contributed by atoms with Gasteiger partial charge in [0.15, 0.2) is 0 Å². The van der Waals surface area contributed by atoms with E-state index in [0.717, 1.165) is 51.3 Å². The van der Waals surface area contributed by atoms with Crippen LogP contribution in [0, 0.1) is 11.2 Å². The second kappa shape index (κ2) is 8.18. The van der Waals surface area contributed by atoms with Gasteiger partial charge in [-0.05, 0) is 49.9 Å². The summed E-state index contributed by atoms with van der Waals surface area (Å²) in [6.45, 7) is 5.57. The van der Waals surface area contributed by atoms with E-state index in [1.807, 2.05) is 12.1 Å². The number of rotatable bonds is 4. The monoisotopic (exact) mass is 404 g/mol. The molecule has 8 heteroatoms. The van der Waals surface area contributed by atoms with Crippen LogP contribution in [0.1, 0.15) is 25.7 Å². The Bertz CT molecular complexity index is 741. The fourth-order valence-electron chi connectivity index (χ4n) is 4.91. The normalized spacial score (nSPS) is 24.7. The first-order valence-electron chi connectivity index (χ1n) is 10.5. The van der Waals surface area contributed by atoms with E-state index in [-0.39, 0.29) is 23.2 Å². The Balaban J connectivity index is 1.22. The Hall–Kier alpha value is -2.35. The van der Waals surface area contributed by atoms with Gasteiger partial charge in [0.1, 0.15) is 5.82 Å². The van der Waals surface area contributed by atoms with E-state index in [9.17, 15) is 14.0 Å². The number of anilines is 1. The molecule has 4 rings (SSSR count). The second-order valence-corrected chi connectivity index (χ2v) is 8.52. The quantitative estimate of drug-likeness (QED) is 0.803. The number of amides is 2. The average Bonchev–Trinajstić information content (AvgIpc) is 3.03. The number of nitrogens with zero attached hydrogens (tertiary/aromatic N) is 3. The van der Waals surface area contributed by atoms with Crippen LogP contribution < -0.4 is 10.2 Å². The molecule has 0 aliphatic carbocycles. The maximum absolute atomic E-state index is 13.1. The van der Waals surface area contributed by atoms with E-state index >= 15 is 0 Å². The zero-order valence-corrected chi connectivity index (χ0v) is 16.6. The first kappa shape index (κ1) is 19.9. The number of carbonyl (C=O) groups is 2. The van der Waals surface area contributed by atoms with Gasteiger partial charge >= 0.3 is 6.09 Å². The fourth-order valence-corrected chi connectivity index (χ4v) is 4.91. The molecule has 0 radical (unpaired) electrons. The summed E-state index contributed by atoms with van der Waals surface area (Å²) in [5, 5.41) is 12.3. The summed E-state index contributed by atoms with van der Waals surface area (Å²) in [7, 11) is 0. The molecule has 3 heterocycles. The lowest BCUT2D eigenvalue weighted by atomic mass is 9.76. The van der Waals surface area contributed by atoms with Crippen molar-refractivity contribution in [3.63, 3.8) is 0 Å². The highest BCUT2D eigenvalue weighted by Crippen LogP contribution is 2.41. The number of nitrogens with one attached hydrogen (secondary N) is 1. The van der Waals surface area contributed by atoms with E-state index in [1.165, 1.54) is 17.0 Å². The zero-order chi connectivity index (χ0) is 20.4. The number of hydrogen-bond acceptors (Lipinski definition) is 4. The van der Waals surface area contributed by atoms with E-state index in [4.69, 9.17) is 5.11 Å². The van der Waals surface area contributed by atoms with Crippen molar-refractivity contribution in [1.29, 1.82) is 0 Å². The van der Waals surface area contributed by atoms with Crippen molar-refractivity contribution in [2.45, 2.75) is 31.7 Å². The van der Waals surface area contributed by atoms with Gasteiger partial charge < -0.3 is 20.2 Å². The molecule has 3 fully saturated rings. The summed E-state index contributed by atoms with van der Waals surface area (Å²) in [5.41, 5.74) is 0.682. The molecule has 0 aromatic heterocycles. The van der Waals surface area contributed by atoms with Gasteiger partial charge in [0.25, 0.3) is 0 Å². The van der Waals surface area contributed by atoms with Crippen molar-refractivity contribution in [3.8, 4) is 0 Å². The van der Waals surface area contributed by atoms with Crippen LogP contribution >= 0.6 is 0 Å². The topological polar surface area (TPSA) is 76.1 Å². The SMILES string of the molecule is O=C(O)N1CCC2(CC1)C[C@H](CCN1CCN(c3ccc(F)cc3)CC1)NC2=O. The van der Waals surface area contributed by atoms with Crippen LogP contribution in [0.3, 0.4) is 0 Å². The number of hydrogen-bond donors (Lipinski definition) is 2. The second-order valence-electron chi connectivity index (χ2n) is 8.52. The van der Waals surface area contributed by atoms with E-state index in [0.29, 0.717) is 25.9 Å². The van der Waals surface area contributed by atoms with Crippen molar-refractivity contribution in [2.75, 3.05) is 50.7 Å². The minimum Gasteiger partial charge on any atom is -0.465 e. The maximum atomic E-state index is 13.1. The number of benzene rings is 1. The maximum Gasteiger partial charge on any atom is 0.407 e. The summed E-state index contributed by atoms with van der Waals surface area (Å²) < 4.78 is 13.1. The molecule has 2 amide bonds. The molecule has 1 aromatic carbocycles. The van der Waals surface area contributed by atoms with Crippen LogP contribution in [0.5, 0.6) is 0 Å². The molecule has 7 nitrogen and oxygen atoms in total. The predicted molar refractivity (Wildman–Crippen MR) is 107 cm³/mol. The zero-order valence-electron chi connectivity index (χ0n) is 16.6.